The van der Waals surface area contributed by atoms with Crippen molar-refractivity contribution in [3.63, 3.8) is 0 Å². The van der Waals surface area contributed by atoms with E-state index in [0.29, 0.717) is 6.42 Å². The molecule has 2 N–H and O–H groups in total. The number of carbonyl (C=O) groups excluding carboxylic acids is 1. The first-order chi connectivity index (χ1) is 6.27. The van der Waals surface area contributed by atoms with Crippen LogP contribution in [0.5, 0.6) is 0 Å². The number of amides is 1. The smallest absolute Gasteiger partial charge is 0.345 e. The van der Waals surface area contributed by atoms with Gasteiger partial charge in [-0.1, -0.05) is 0 Å². The minimum atomic E-state index is 0. The van der Waals surface area contributed by atoms with Crippen LogP contribution < -0.4 is 57.1 Å². The van der Waals surface area contributed by atoms with E-state index in [1.165, 1.54) is 0 Å². The summed E-state index contributed by atoms with van der Waals surface area (Å²) in [5.74, 6) is 0.921. The molecule has 1 aliphatic rings. The molecule has 0 aliphatic carbocycles. The second-order valence-electron chi connectivity index (χ2n) is 3.65. The maximum absolute atomic E-state index is 11.3. The van der Waals surface area contributed by atoms with Crippen molar-refractivity contribution in [2.75, 3.05) is 19.6 Å². The first-order valence-electron chi connectivity index (χ1n) is 5.05. The number of piperidine rings is 1. The van der Waals surface area contributed by atoms with Crippen molar-refractivity contribution in [1.29, 1.82) is 0 Å². The maximum atomic E-state index is 11.3. The van der Waals surface area contributed by atoms with Gasteiger partial charge in [0, 0.05) is 13.1 Å². The topological polar surface area (TPSA) is 46.3 Å². The molecule has 1 heterocycles. The monoisotopic (exact) mass is 222 g/mol. The van der Waals surface area contributed by atoms with Crippen molar-refractivity contribution < 1.29 is 56.2 Å². The van der Waals surface area contributed by atoms with Crippen molar-refractivity contribution in [2.45, 2.75) is 25.7 Å². The third-order valence-corrected chi connectivity index (χ3v) is 2.76. The summed E-state index contributed by atoms with van der Waals surface area (Å²) in [5.41, 5.74) is 5.49. The molecular formula is C10H19KN2O. The van der Waals surface area contributed by atoms with Gasteiger partial charge in [0.1, 0.15) is 0 Å². The molecule has 4 heteroatoms. The van der Waals surface area contributed by atoms with E-state index in [1.807, 2.05) is 4.90 Å². The molecule has 1 amide bonds. The fourth-order valence-electron chi connectivity index (χ4n) is 1.86. The molecule has 1 saturated heterocycles. The van der Waals surface area contributed by atoms with E-state index in [-0.39, 0.29) is 57.3 Å². The number of hydrogen-bond donors (Lipinski definition) is 1. The Morgan fingerprint density at radius 1 is 1.43 bits per heavy atom. The molecule has 14 heavy (non-hydrogen) atoms. The molecular weight excluding hydrogens is 203 g/mol. The van der Waals surface area contributed by atoms with Crippen LogP contribution in [-0.4, -0.2) is 30.4 Å². The van der Waals surface area contributed by atoms with Crippen LogP contribution >= 0.6 is 0 Å². The van der Waals surface area contributed by atoms with Gasteiger partial charge in [-0.3, -0.25) is 4.79 Å². The van der Waals surface area contributed by atoms with Crippen LogP contribution in [0.1, 0.15) is 25.7 Å². The van der Waals surface area contributed by atoms with Crippen molar-refractivity contribution >= 4 is 5.91 Å². The largest absolute Gasteiger partial charge is 1.00 e. The molecule has 1 aliphatic heterocycles. The molecule has 0 atom stereocenters. The van der Waals surface area contributed by atoms with Crippen molar-refractivity contribution in [3.8, 4) is 0 Å². The Morgan fingerprint density at radius 2 is 2.00 bits per heavy atom. The predicted molar refractivity (Wildman–Crippen MR) is 52.9 cm³/mol. The van der Waals surface area contributed by atoms with Crippen LogP contribution in [0.3, 0.4) is 0 Å². The summed E-state index contributed by atoms with van der Waals surface area (Å²) in [7, 11) is 0. The Bertz CT molecular complexity index is 168. The standard InChI is InChI=1S/C10H19N2O.K/c1-2-10(13)12-7-4-9(3-6-11)5-8-12;/h9H,1-8,11H2;/q-1;+1. The van der Waals surface area contributed by atoms with Gasteiger partial charge < -0.3 is 17.6 Å². The number of carbonyl (C=O) groups is 1. The number of likely N-dealkylation sites (tertiary alicyclic amines) is 1. The molecule has 0 aromatic rings. The predicted octanol–water partition coefficient (Wildman–Crippen LogP) is -2.20. The molecule has 3 nitrogen and oxygen atoms in total. The van der Waals surface area contributed by atoms with E-state index in [4.69, 9.17) is 5.73 Å². The fourth-order valence-corrected chi connectivity index (χ4v) is 1.86. The average Bonchev–Trinajstić information content (AvgIpc) is 2.18. The third kappa shape index (κ3) is 4.72. The number of hydrogen-bond acceptors (Lipinski definition) is 2. The Labute approximate surface area is 129 Å². The van der Waals surface area contributed by atoms with E-state index in [1.54, 1.807) is 0 Å². The molecule has 1 rings (SSSR count). The van der Waals surface area contributed by atoms with Gasteiger partial charge in [0.15, 0.2) is 5.91 Å². The van der Waals surface area contributed by atoms with Crippen molar-refractivity contribution in [3.05, 3.63) is 6.92 Å². The Morgan fingerprint density at radius 3 is 2.43 bits per heavy atom. The van der Waals surface area contributed by atoms with E-state index < -0.39 is 0 Å². The van der Waals surface area contributed by atoms with Gasteiger partial charge in [-0.05, 0) is 31.7 Å². The van der Waals surface area contributed by atoms with Crippen LogP contribution in [0.4, 0.5) is 0 Å². The maximum Gasteiger partial charge on any atom is 1.00 e. The summed E-state index contributed by atoms with van der Waals surface area (Å²) >= 11 is 0. The van der Waals surface area contributed by atoms with E-state index in [0.717, 1.165) is 44.8 Å². The van der Waals surface area contributed by atoms with Crippen LogP contribution in [0, 0.1) is 12.8 Å². The molecule has 0 aromatic carbocycles. The third-order valence-electron chi connectivity index (χ3n) is 2.76. The fraction of sp³-hybridized carbons (Fsp3) is 0.800. The van der Waals surface area contributed by atoms with Crippen LogP contribution in [0.2, 0.25) is 0 Å². The van der Waals surface area contributed by atoms with Gasteiger partial charge in [0.05, 0.1) is 0 Å². The Kier molecular flexibility index (Phi) is 8.87. The molecule has 0 spiro atoms. The minimum absolute atomic E-state index is 0. The molecule has 0 aromatic heterocycles. The van der Waals surface area contributed by atoms with Gasteiger partial charge in [-0.15, -0.1) is 6.42 Å². The summed E-state index contributed by atoms with van der Waals surface area (Å²) in [5, 5.41) is 0. The Balaban J connectivity index is 0.00000169. The number of nitrogens with zero attached hydrogens (tertiary/aromatic N) is 1. The SMILES string of the molecule is [CH2-]CC(=O)N1CCC(CCN)CC1.[K+]. The zero-order chi connectivity index (χ0) is 9.68. The van der Waals surface area contributed by atoms with E-state index in [2.05, 4.69) is 6.92 Å². The molecule has 1 fully saturated rings. The quantitative estimate of drug-likeness (QED) is 0.435. The second-order valence-corrected chi connectivity index (χ2v) is 3.65. The molecule has 0 unspecified atom stereocenters. The van der Waals surface area contributed by atoms with Gasteiger partial charge in [-0.2, -0.15) is 0 Å². The first kappa shape index (κ1) is 15.1. The number of rotatable bonds is 3. The van der Waals surface area contributed by atoms with Crippen LogP contribution in [0.25, 0.3) is 0 Å². The zero-order valence-corrected chi connectivity index (χ0v) is 12.3. The first-order valence-corrected chi connectivity index (χ1v) is 5.05. The molecule has 76 valence electrons. The molecule has 0 saturated carbocycles. The summed E-state index contributed by atoms with van der Waals surface area (Å²) in [6, 6.07) is 0. The van der Waals surface area contributed by atoms with E-state index in [9.17, 15) is 4.79 Å². The summed E-state index contributed by atoms with van der Waals surface area (Å²) in [6.07, 6.45) is 3.72. The number of nitrogens with two attached hydrogens (primary N) is 1. The summed E-state index contributed by atoms with van der Waals surface area (Å²) in [6.45, 7) is 6.18. The van der Waals surface area contributed by atoms with Crippen LogP contribution in [0.15, 0.2) is 0 Å². The molecule has 0 bridgehead atoms. The van der Waals surface area contributed by atoms with Crippen molar-refractivity contribution in [2.24, 2.45) is 11.7 Å². The normalized spacial score (nSPS) is 17.7. The molecule has 0 radical (unpaired) electrons. The Hall–Kier alpha value is 1.07. The van der Waals surface area contributed by atoms with E-state index >= 15 is 0 Å². The zero-order valence-electron chi connectivity index (χ0n) is 9.17. The second kappa shape index (κ2) is 8.25. The van der Waals surface area contributed by atoms with Crippen molar-refractivity contribution in [1.82, 2.24) is 4.90 Å². The summed E-state index contributed by atoms with van der Waals surface area (Å²) < 4.78 is 0. The summed E-state index contributed by atoms with van der Waals surface area (Å²) in [4.78, 5) is 13.2. The van der Waals surface area contributed by atoms with Gasteiger partial charge in [0.2, 0.25) is 0 Å². The average molecular weight is 222 g/mol. The minimum Gasteiger partial charge on any atom is -0.345 e. The van der Waals surface area contributed by atoms with Gasteiger partial charge >= 0.3 is 51.4 Å². The van der Waals surface area contributed by atoms with Gasteiger partial charge in [0.25, 0.3) is 0 Å². The van der Waals surface area contributed by atoms with Crippen LogP contribution in [-0.2, 0) is 4.79 Å². The van der Waals surface area contributed by atoms with Gasteiger partial charge in [-0.25, -0.2) is 0 Å².